The number of hydrogen-bond acceptors (Lipinski definition) is 1. The van der Waals surface area contributed by atoms with Crippen molar-refractivity contribution >= 4 is 11.6 Å². The fourth-order valence-corrected chi connectivity index (χ4v) is 1.62. The van der Waals surface area contributed by atoms with Crippen LogP contribution in [0.2, 0.25) is 0 Å². The number of amides is 1. The summed E-state index contributed by atoms with van der Waals surface area (Å²) in [6.07, 6.45) is 7.90. The minimum Gasteiger partial charge on any atom is -0.322 e. The van der Waals surface area contributed by atoms with Gasteiger partial charge in [-0.05, 0) is 31.4 Å². The molecule has 0 aliphatic carbocycles. The molecule has 2 nitrogen and oxygen atoms in total. The third kappa shape index (κ3) is 3.91. The van der Waals surface area contributed by atoms with E-state index in [9.17, 15) is 4.79 Å². The van der Waals surface area contributed by atoms with Gasteiger partial charge in [0.1, 0.15) is 0 Å². The highest BCUT2D eigenvalue weighted by Crippen LogP contribution is 2.20. The van der Waals surface area contributed by atoms with Gasteiger partial charge < -0.3 is 5.32 Å². The zero-order chi connectivity index (χ0) is 12.7. The molecule has 0 saturated carbocycles. The van der Waals surface area contributed by atoms with Crippen LogP contribution in [-0.4, -0.2) is 5.91 Å². The highest BCUT2D eigenvalue weighted by Gasteiger charge is 2.05. The molecule has 1 amide bonds. The quantitative estimate of drug-likeness (QED) is 0.620. The Bertz CT molecular complexity index is 444. The molecule has 1 aromatic carbocycles. The standard InChI is InChI=1S/C15H19NO/c1-4-6-7-11-14(17)16-15-12(3)9-8-10-13(15)5-2/h4,6-11H,5H2,1-3H3,(H,16,17)/b6-4+,11-7+. The van der Waals surface area contributed by atoms with Crippen molar-refractivity contribution in [3.8, 4) is 0 Å². The van der Waals surface area contributed by atoms with Gasteiger partial charge in [-0.1, -0.05) is 43.4 Å². The first-order valence-electron chi connectivity index (χ1n) is 5.87. The molecule has 0 fully saturated rings. The second-order valence-corrected chi connectivity index (χ2v) is 3.84. The van der Waals surface area contributed by atoms with Gasteiger partial charge in [-0.2, -0.15) is 0 Å². The molecule has 0 bridgehead atoms. The van der Waals surface area contributed by atoms with Crippen molar-refractivity contribution in [3.63, 3.8) is 0 Å². The number of allylic oxidation sites excluding steroid dienone is 3. The van der Waals surface area contributed by atoms with E-state index in [1.807, 2.05) is 44.2 Å². The Balaban J connectivity index is 2.84. The van der Waals surface area contributed by atoms with Gasteiger partial charge in [0.25, 0.3) is 0 Å². The molecule has 90 valence electrons. The highest BCUT2D eigenvalue weighted by atomic mass is 16.1. The number of carbonyl (C=O) groups excluding carboxylic acids is 1. The molecular weight excluding hydrogens is 210 g/mol. The van der Waals surface area contributed by atoms with Crippen LogP contribution in [0.15, 0.2) is 42.5 Å². The normalized spacial score (nSPS) is 11.2. The van der Waals surface area contributed by atoms with Crippen molar-refractivity contribution < 1.29 is 4.79 Å². The van der Waals surface area contributed by atoms with E-state index in [0.717, 1.165) is 23.2 Å². The number of carbonyl (C=O) groups is 1. The summed E-state index contributed by atoms with van der Waals surface area (Å²) in [6, 6.07) is 6.06. The molecule has 0 heterocycles. The maximum absolute atomic E-state index is 11.7. The van der Waals surface area contributed by atoms with Crippen LogP contribution in [0.25, 0.3) is 0 Å². The van der Waals surface area contributed by atoms with E-state index in [1.165, 1.54) is 6.08 Å². The number of benzene rings is 1. The lowest BCUT2D eigenvalue weighted by atomic mass is 10.1. The van der Waals surface area contributed by atoms with Crippen LogP contribution in [0.4, 0.5) is 5.69 Å². The average molecular weight is 229 g/mol. The Hall–Kier alpha value is -1.83. The third-order valence-electron chi connectivity index (χ3n) is 2.54. The topological polar surface area (TPSA) is 29.1 Å². The SMILES string of the molecule is C/C=C/C=C/C(=O)Nc1c(C)cccc1CC. The van der Waals surface area contributed by atoms with Crippen molar-refractivity contribution in [1.29, 1.82) is 0 Å². The molecular formula is C15H19NO. The number of hydrogen-bond donors (Lipinski definition) is 1. The highest BCUT2D eigenvalue weighted by molar-refractivity contribution is 6.00. The second kappa shape index (κ2) is 6.69. The van der Waals surface area contributed by atoms with E-state index in [1.54, 1.807) is 6.08 Å². The van der Waals surface area contributed by atoms with E-state index in [0.29, 0.717) is 0 Å². The molecule has 1 rings (SSSR count). The Labute approximate surface area is 103 Å². The number of nitrogens with one attached hydrogen (secondary N) is 1. The van der Waals surface area contributed by atoms with Crippen molar-refractivity contribution in [2.24, 2.45) is 0 Å². The molecule has 0 aliphatic rings. The van der Waals surface area contributed by atoms with Crippen LogP contribution in [0.1, 0.15) is 25.0 Å². The monoisotopic (exact) mass is 229 g/mol. The van der Waals surface area contributed by atoms with Crippen LogP contribution < -0.4 is 5.32 Å². The zero-order valence-corrected chi connectivity index (χ0v) is 10.7. The summed E-state index contributed by atoms with van der Waals surface area (Å²) >= 11 is 0. The molecule has 1 N–H and O–H groups in total. The molecule has 17 heavy (non-hydrogen) atoms. The fraction of sp³-hybridized carbons (Fsp3) is 0.267. The lowest BCUT2D eigenvalue weighted by Crippen LogP contribution is -2.10. The summed E-state index contributed by atoms with van der Waals surface area (Å²) in [4.78, 5) is 11.7. The van der Waals surface area contributed by atoms with E-state index in [4.69, 9.17) is 0 Å². The van der Waals surface area contributed by atoms with E-state index >= 15 is 0 Å². The number of para-hydroxylation sites is 1. The van der Waals surface area contributed by atoms with Crippen LogP contribution in [0, 0.1) is 6.92 Å². The average Bonchev–Trinajstić information content (AvgIpc) is 2.32. The smallest absolute Gasteiger partial charge is 0.248 e. The van der Waals surface area contributed by atoms with Gasteiger partial charge in [0.05, 0.1) is 0 Å². The minimum atomic E-state index is -0.0906. The second-order valence-electron chi connectivity index (χ2n) is 3.84. The summed E-state index contributed by atoms with van der Waals surface area (Å²) in [6.45, 7) is 6.00. The van der Waals surface area contributed by atoms with E-state index in [2.05, 4.69) is 12.2 Å². The largest absolute Gasteiger partial charge is 0.322 e. The molecule has 2 heteroatoms. The van der Waals surface area contributed by atoms with Crippen molar-refractivity contribution in [1.82, 2.24) is 0 Å². The van der Waals surface area contributed by atoms with Crippen molar-refractivity contribution in [3.05, 3.63) is 53.6 Å². The predicted molar refractivity (Wildman–Crippen MR) is 73.1 cm³/mol. The van der Waals surface area contributed by atoms with Gasteiger partial charge in [0, 0.05) is 11.8 Å². The molecule has 0 atom stereocenters. The fourth-order valence-electron chi connectivity index (χ4n) is 1.62. The predicted octanol–water partition coefficient (Wildman–Crippen LogP) is 3.63. The third-order valence-corrected chi connectivity index (χ3v) is 2.54. The molecule has 0 spiro atoms. The van der Waals surface area contributed by atoms with E-state index in [-0.39, 0.29) is 5.91 Å². The van der Waals surface area contributed by atoms with Gasteiger partial charge in [-0.25, -0.2) is 0 Å². The Morgan fingerprint density at radius 2 is 2.12 bits per heavy atom. The van der Waals surface area contributed by atoms with Gasteiger partial charge in [0.15, 0.2) is 0 Å². The van der Waals surface area contributed by atoms with Gasteiger partial charge in [0.2, 0.25) is 5.91 Å². The lowest BCUT2D eigenvalue weighted by Gasteiger charge is -2.11. The first-order valence-corrected chi connectivity index (χ1v) is 5.87. The van der Waals surface area contributed by atoms with Crippen LogP contribution >= 0.6 is 0 Å². The van der Waals surface area contributed by atoms with Crippen molar-refractivity contribution in [2.45, 2.75) is 27.2 Å². The Morgan fingerprint density at radius 3 is 2.76 bits per heavy atom. The van der Waals surface area contributed by atoms with Gasteiger partial charge in [-0.3, -0.25) is 4.79 Å². The Kier molecular flexibility index (Phi) is 5.21. The van der Waals surface area contributed by atoms with Crippen LogP contribution in [-0.2, 0) is 11.2 Å². The molecule has 0 aromatic heterocycles. The molecule has 0 aliphatic heterocycles. The molecule has 0 unspecified atom stereocenters. The Morgan fingerprint density at radius 1 is 1.35 bits per heavy atom. The van der Waals surface area contributed by atoms with E-state index < -0.39 is 0 Å². The number of rotatable bonds is 4. The van der Waals surface area contributed by atoms with Gasteiger partial charge in [-0.15, -0.1) is 0 Å². The molecule has 0 saturated heterocycles. The summed E-state index contributed by atoms with van der Waals surface area (Å²) < 4.78 is 0. The lowest BCUT2D eigenvalue weighted by molar-refractivity contribution is -0.111. The summed E-state index contributed by atoms with van der Waals surface area (Å²) in [5, 5.41) is 2.93. The molecule has 1 aromatic rings. The summed E-state index contributed by atoms with van der Waals surface area (Å²) in [7, 11) is 0. The molecule has 0 radical (unpaired) electrons. The summed E-state index contributed by atoms with van der Waals surface area (Å²) in [5.74, 6) is -0.0906. The first kappa shape index (κ1) is 13.2. The first-order chi connectivity index (χ1) is 8.19. The number of aryl methyl sites for hydroxylation is 2. The van der Waals surface area contributed by atoms with Crippen LogP contribution in [0.5, 0.6) is 0 Å². The van der Waals surface area contributed by atoms with Crippen molar-refractivity contribution in [2.75, 3.05) is 5.32 Å². The number of anilines is 1. The zero-order valence-electron chi connectivity index (χ0n) is 10.7. The van der Waals surface area contributed by atoms with Gasteiger partial charge >= 0.3 is 0 Å². The van der Waals surface area contributed by atoms with Crippen LogP contribution in [0.3, 0.4) is 0 Å². The minimum absolute atomic E-state index is 0.0906. The maximum Gasteiger partial charge on any atom is 0.248 e. The maximum atomic E-state index is 11.7. The summed E-state index contributed by atoms with van der Waals surface area (Å²) in [5.41, 5.74) is 3.19.